The van der Waals surface area contributed by atoms with Crippen LogP contribution in [0.4, 0.5) is 13.2 Å². The Morgan fingerprint density at radius 1 is 1.09 bits per heavy atom. The van der Waals surface area contributed by atoms with Gasteiger partial charge in [-0.25, -0.2) is 0 Å². The Labute approximate surface area is 203 Å². The van der Waals surface area contributed by atoms with Crippen LogP contribution in [-0.4, -0.2) is 23.2 Å². The summed E-state index contributed by atoms with van der Waals surface area (Å²) >= 11 is 24.0. The predicted octanol–water partition coefficient (Wildman–Crippen LogP) is 6.95. The minimum absolute atomic E-state index is 0.0324. The standard InChI is InChI=1S/C21H19Cl4F3N2O2/c1-10(2)19(31)29-9-12-5-11(3-4-14(12)22)17-8-20(32-30-17,21(26,27)28)13-6-15(23)18(25)16(24)7-13/h3-7,10,19,29,31H,8-9H2,1-2H3. The first-order valence-electron chi connectivity index (χ1n) is 9.53. The lowest BCUT2D eigenvalue weighted by molar-refractivity contribution is -0.275. The molecular formula is C21H19Cl4F3N2O2. The van der Waals surface area contributed by atoms with E-state index in [9.17, 15) is 18.3 Å². The van der Waals surface area contributed by atoms with Crippen molar-refractivity contribution < 1.29 is 23.1 Å². The van der Waals surface area contributed by atoms with Crippen LogP contribution in [0.1, 0.15) is 37.0 Å². The van der Waals surface area contributed by atoms with E-state index < -0.39 is 24.4 Å². The highest BCUT2D eigenvalue weighted by molar-refractivity contribution is 6.48. The van der Waals surface area contributed by atoms with Gasteiger partial charge in [-0.1, -0.05) is 71.5 Å². The number of hydrogen-bond acceptors (Lipinski definition) is 4. The van der Waals surface area contributed by atoms with Gasteiger partial charge < -0.3 is 9.94 Å². The van der Waals surface area contributed by atoms with Crippen LogP contribution in [0, 0.1) is 5.92 Å². The third-order valence-electron chi connectivity index (χ3n) is 5.15. The first-order valence-corrected chi connectivity index (χ1v) is 11.0. The molecule has 2 N–H and O–H groups in total. The molecule has 0 aliphatic carbocycles. The topological polar surface area (TPSA) is 53.8 Å². The predicted molar refractivity (Wildman–Crippen MR) is 121 cm³/mol. The van der Waals surface area contributed by atoms with Crippen molar-refractivity contribution in [2.75, 3.05) is 0 Å². The molecule has 1 aliphatic rings. The zero-order valence-electron chi connectivity index (χ0n) is 16.9. The Hall–Kier alpha value is -1.22. The van der Waals surface area contributed by atoms with Crippen molar-refractivity contribution in [1.82, 2.24) is 5.32 Å². The third-order valence-corrected chi connectivity index (χ3v) is 6.71. The van der Waals surface area contributed by atoms with Crippen LogP contribution in [0.15, 0.2) is 35.5 Å². The smallest absolute Gasteiger partial charge is 0.378 e. The van der Waals surface area contributed by atoms with Gasteiger partial charge in [0.05, 0.1) is 20.8 Å². The summed E-state index contributed by atoms with van der Waals surface area (Å²) in [6.45, 7) is 3.89. The van der Waals surface area contributed by atoms with Gasteiger partial charge in [-0.15, -0.1) is 0 Å². The highest BCUT2D eigenvalue weighted by Gasteiger charge is 2.62. The van der Waals surface area contributed by atoms with Crippen molar-refractivity contribution >= 4 is 52.1 Å². The summed E-state index contributed by atoms with van der Waals surface area (Å²) < 4.78 is 42.6. The van der Waals surface area contributed by atoms with Crippen LogP contribution < -0.4 is 5.32 Å². The van der Waals surface area contributed by atoms with Crippen LogP contribution in [0.5, 0.6) is 0 Å². The Morgan fingerprint density at radius 2 is 1.72 bits per heavy atom. The van der Waals surface area contributed by atoms with E-state index in [0.717, 1.165) is 12.1 Å². The molecule has 4 nitrogen and oxygen atoms in total. The summed E-state index contributed by atoms with van der Waals surface area (Å²) in [5.41, 5.74) is -2.01. The monoisotopic (exact) mass is 528 g/mol. The number of halogens is 7. The fraction of sp³-hybridized carbons (Fsp3) is 0.381. The number of aliphatic hydroxyl groups is 1. The Balaban J connectivity index is 1.93. The summed E-state index contributed by atoms with van der Waals surface area (Å²) in [6.07, 6.45) is -6.19. The van der Waals surface area contributed by atoms with Crippen molar-refractivity contribution in [3.8, 4) is 0 Å². The summed E-state index contributed by atoms with van der Waals surface area (Å²) in [5.74, 6) is -0.0324. The molecular weight excluding hydrogens is 511 g/mol. The second-order valence-electron chi connectivity index (χ2n) is 7.76. The van der Waals surface area contributed by atoms with Gasteiger partial charge in [-0.05, 0) is 41.3 Å². The van der Waals surface area contributed by atoms with Gasteiger partial charge in [0.1, 0.15) is 6.23 Å². The highest BCUT2D eigenvalue weighted by Crippen LogP contribution is 2.50. The summed E-state index contributed by atoms with van der Waals surface area (Å²) in [5, 5.41) is 16.7. The highest BCUT2D eigenvalue weighted by atomic mass is 35.5. The van der Waals surface area contributed by atoms with Crippen LogP contribution in [0.2, 0.25) is 20.1 Å². The van der Waals surface area contributed by atoms with E-state index in [2.05, 4.69) is 10.5 Å². The molecule has 0 fully saturated rings. The summed E-state index contributed by atoms with van der Waals surface area (Å²) in [7, 11) is 0. The van der Waals surface area contributed by atoms with Gasteiger partial charge in [0.25, 0.3) is 5.60 Å². The fourth-order valence-corrected chi connectivity index (χ4v) is 3.97. The van der Waals surface area contributed by atoms with E-state index in [-0.39, 0.29) is 38.8 Å². The van der Waals surface area contributed by atoms with Crippen LogP contribution in [-0.2, 0) is 17.0 Å². The van der Waals surface area contributed by atoms with Crippen molar-refractivity contribution in [3.63, 3.8) is 0 Å². The van der Waals surface area contributed by atoms with E-state index in [0.29, 0.717) is 16.1 Å². The lowest BCUT2D eigenvalue weighted by atomic mass is 9.86. The second kappa shape index (κ2) is 9.57. The molecule has 2 unspecified atom stereocenters. The zero-order valence-corrected chi connectivity index (χ0v) is 19.9. The minimum Gasteiger partial charge on any atom is -0.378 e. The number of rotatable bonds is 6. The Morgan fingerprint density at radius 3 is 2.28 bits per heavy atom. The quantitative estimate of drug-likeness (QED) is 0.314. The van der Waals surface area contributed by atoms with Crippen LogP contribution in [0.25, 0.3) is 0 Å². The summed E-state index contributed by atoms with van der Waals surface area (Å²) in [6, 6.07) is 6.88. The van der Waals surface area contributed by atoms with Crippen molar-refractivity contribution in [1.29, 1.82) is 0 Å². The van der Waals surface area contributed by atoms with Crippen LogP contribution >= 0.6 is 46.4 Å². The molecule has 11 heteroatoms. The first-order chi connectivity index (χ1) is 14.9. The molecule has 3 rings (SSSR count). The molecule has 0 aromatic heterocycles. The Bertz CT molecular complexity index is 1020. The molecule has 32 heavy (non-hydrogen) atoms. The molecule has 0 spiro atoms. The number of hydrogen-bond donors (Lipinski definition) is 2. The summed E-state index contributed by atoms with van der Waals surface area (Å²) in [4.78, 5) is 5.02. The number of nitrogens with zero attached hydrogens (tertiary/aromatic N) is 1. The normalized spacial score (nSPS) is 19.8. The van der Waals surface area contributed by atoms with Gasteiger partial charge in [-0.3, -0.25) is 5.32 Å². The van der Waals surface area contributed by atoms with Gasteiger partial charge >= 0.3 is 6.18 Å². The van der Waals surface area contributed by atoms with Gasteiger partial charge in [0.15, 0.2) is 0 Å². The van der Waals surface area contributed by atoms with Crippen LogP contribution in [0.3, 0.4) is 0 Å². The number of nitrogens with one attached hydrogen (secondary N) is 1. The molecule has 174 valence electrons. The van der Waals surface area contributed by atoms with Crippen molar-refractivity contribution in [3.05, 3.63) is 67.1 Å². The van der Waals surface area contributed by atoms with E-state index in [1.807, 2.05) is 13.8 Å². The number of aliphatic hydroxyl groups excluding tert-OH is 1. The SMILES string of the molecule is CC(C)C(O)NCc1cc(C2=NOC(c3cc(Cl)c(Cl)c(Cl)c3)(C(F)(F)F)C2)ccc1Cl. The molecule has 0 saturated carbocycles. The molecule has 0 radical (unpaired) electrons. The van der Waals surface area contributed by atoms with E-state index in [1.165, 1.54) is 0 Å². The Kier molecular flexibility index (Phi) is 7.59. The molecule has 0 saturated heterocycles. The number of benzene rings is 2. The molecule has 2 atom stereocenters. The molecule has 0 bridgehead atoms. The van der Waals surface area contributed by atoms with Gasteiger partial charge in [0.2, 0.25) is 0 Å². The zero-order chi connectivity index (χ0) is 23.8. The lowest BCUT2D eigenvalue weighted by Gasteiger charge is -2.30. The van der Waals surface area contributed by atoms with E-state index in [1.54, 1.807) is 18.2 Å². The molecule has 2 aromatic carbocycles. The second-order valence-corrected chi connectivity index (χ2v) is 9.36. The van der Waals surface area contributed by atoms with Crippen molar-refractivity contribution in [2.45, 2.75) is 44.8 Å². The maximum atomic E-state index is 14.2. The number of alkyl halides is 3. The van der Waals surface area contributed by atoms with Crippen molar-refractivity contribution in [2.24, 2.45) is 11.1 Å². The largest absolute Gasteiger partial charge is 0.435 e. The molecule has 1 heterocycles. The molecule has 1 aliphatic heterocycles. The van der Waals surface area contributed by atoms with Gasteiger partial charge in [0, 0.05) is 23.6 Å². The average molecular weight is 530 g/mol. The van der Waals surface area contributed by atoms with Gasteiger partial charge in [-0.2, -0.15) is 13.2 Å². The maximum Gasteiger partial charge on any atom is 0.435 e. The molecule has 0 amide bonds. The lowest BCUT2D eigenvalue weighted by Crippen LogP contribution is -2.42. The minimum atomic E-state index is -4.82. The van der Waals surface area contributed by atoms with E-state index >= 15 is 0 Å². The first kappa shape index (κ1) is 25.4. The van der Waals surface area contributed by atoms with E-state index in [4.69, 9.17) is 51.2 Å². The average Bonchev–Trinajstić information content (AvgIpc) is 3.17. The molecule has 2 aromatic rings. The fourth-order valence-electron chi connectivity index (χ4n) is 3.19. The number of oxime groups is 1. The third kappa shape index (κ3) is 4.98. The maximum absolute atomic E-state index is 14.2.